The van der Waals surface area contributed by atoms with Crippen molar-refractivity contribution >= 4 is 34.9 Å². The Kier molecular flexibility index (Phi) is 4.58. The van der Waals surface area contributed by atoms with Gasteiger partial charge in [-0.15, -0.1) is 0 Å². The van der Waals surface area contributed by atoms with Crippen LogP contribution in [0.3, 0.4) is 0 Å². The Morgan fingerprint density at radius 2 is 1.62 bits per heavy atom. The van der Waals surface area contributed by atoms with E-state index in [0.717, 1.165) is 9.80 Å². The summed E-state index contributed by atoms with van der Waals surface area (Å²) in [6, 6.07) is 4.79. The van der Waals surface area contributed by atoms with Gasteiger partial charge < -0.3 is 0 Å². The van der Waals surface area contributed by atoms with E-state index in [-0.39, 0.29) is 11.4 Å². The summed E-state index contributed by atoms with van der Waals surface area (Å²) in [5.41, 5.74) is 3.19. The number of barbiturate groups is 1. The van der Waals surface area contributed by atoms with Crippen LogP contribution in [0.5, 0.6) is 0 Å². The zero-order chi connectivity index (χ0) is 18.0. The fourth-order valence-electron chi connectivity index (χ4n) is 2.14. The number of nitrogens with one attached hydrogen (secondary N) is 1. The van der Waals surface area contributed by atoms with Gasteiger partial charge in [-0.1, -0.05) is 0 Å². The molecule has 1 aromatic rings. The molecule has 0 aromatic heterocycles. The van der Waals surface area contributed by atoms with Crippen LogP contribution in [0.25, 0.3) is 0 Å². The van der Waals surface area contributed by atoms with E-state index in [9.17, 15) is 24.5 Å². The molecule has 1 N–H and O–H groups in total. The van der Waals surface area contributed by atoms with Gasteiger partial charge in [0.05, 0.1) is 16.3 Å². The number of nitro groups is 1. The van der Waals surface area contributed by atoms with E-state index < -0.39 is 28.7 Å². The lowest BCUT2D eigenvalue weighted by Crippen LogP contribution is -2.58. The smallest absolute Gasteiger partial charge is 0.279 e. The maximum absolute atomic E-state index is 12.1. The highest BCUT2D eigenvalue weighted by Gasteiger charge is 2.44. The molecule has 24 heavy (non-hydrogen) atoms. The van der Waals surface area contributed by atoms with Crippen molar-refractivity contribution < 1.29 is 19.3 Å². The first-order valence-corrected chi connectivity index (χ1v) is 6.87. The summed E-state index contributed by atoms with van der Waals surface area (Å²) in [5, 5.41) is 14.6. The molecule has 4 amide bonds. The number of non-ortho nitro benzene ring substituents is 1. The van der Waals surface area contributed by atoms with Crippen LogP contribution in [0.4, 0.5) is 16.2 Å². The van der Waals surface area contributed by atoms with E-state index in [2.05, 4.69) is 10.5 Å². The number of urea groups is 1. The highest BCUT2D eigenvalue weighted by atomic mass is 16.6. The van der Waals surface area contributed by atoms with E-state index in [1.165, 1.54) is 45.3 Å². The predicted molar refractivity (Wildman–Crippen MR) is 84.3 cm³/mol. The van der Waals surface area contributed by atoms with Crippen LogP contribution in [0.1, 0.15) is 6.92 Å². The summed E-state index contributed by atoms with van der Waals surface area (Å²) in [4.78, 5) is 47.7. The van der Waals surface area contributed by atoms with Crippen LogP contribution in [0.15, 0.2) is 29.4 Å². The lowest BCUT2D eigenvalue weighted by atomic mass is 9.99. The summed E-state index contributed by atoms with van der Waals surface area (Å²) in [7, 11) is 2.58. The molecule has 0 aliphatic carbocycles. The van der Waals surface area contributed by atoms with Gasteiger partial charge in [0.15, 0.2) is 5.92 Å². The minimum Gasteiger partial charge on any atom is -0.279 e. The monoisotopic (exact) mass is 333 g/mol. The first kappa shape index (κ1) is 17.1. The molecule has 2 rings (SSSR count). The normalized spacial score (nSPS) is 16.6. The third-order valence-electron chi connectivity index (χ3n) is 3.59. The Morgan fingerprint density at radius 1 is 1.12 bits per heavy atom. The van der Waals surface area contributed by atoms with Gasteiger partial charge in [-0.25, -0.2) is 4.79 Å². The Morgan fingerprint density at radius 3 is 2.08 bits per heavy atom. The third-order valence-corrected chi connectivity index (χ3v) is 3.59. The summed E-state index contributed by atoms with van der Waals surface area (Å²) in [6.45, 7) is 1.48. The molecule has 1 heterocycles. The average Bonchev–Trinajstić information content (AvgIpc) is 2.57. The second kappa shape index (κ2) is 6.44. The average molecular weight is 333 g/mol. The van der Waals surface area contributed by atoms with Crippen molar-refractivity contribution in [2.24, 2.45) is 11.0 Å². The third kappa shape index (κ3) is 3.07. The lowest BCUT2D eigenvalue weighted by molar-refractivity contribution is -0.384. The number of rotatable bonds is 4. The number of carbonyl (C=O) groups is 3. The SMILES string of the molecule is C/C(=N\Nc1ccc([N+](=O)[O-])cc1)C1C(=O)N(C)C(=O)N(C)C1=O. The van der Waals surface area contributed by atoms with Crippen LogP contribution < -0.4 is 5.43 Å². The van der Waals surface area contributed by atoms with Gasteiger partial charge in [-0.2, -0.15) is 5.10 Å². The van der Waals surface area contributed by atoms with Crippen molar-refractivity contribution in [3.05, 3.63) is 34.4 Å². The van der Waals surface area contributed by atoms with Crippen LogP contribution >= 0.6 is 0 Å². The van der Waals surface area contributed by atoms with Crippen molar-refractivity contribution in [2.75, 3.05) is 19.5 Å². The molecule has 1 saturated heterocycles. The maximum Gasteiger partial charge on any atom is 0.332 e. The van der Waals surface area contributed by atoms with Gasteiger partial charge in [0.2, 0.25) is 11.8 Å². The molecule has 0 atom stereocenters. The Labute approximate surface area is 136 Å². The molecule has 0 unspecified atom stereocenters. The van der Waals surface area contributed by atoms with Crippen LogP contribution in [0, 0.1) is 16.0 Å². The van der Waals surface area contributed by atoms with Crippen LogP contribution in [-0.4, -0.2) is 52.4 Å². The number of nitrogens with zero attached hydrogens (tertiary/aromatic N) is 4. The molecule has 1 aromatic carbocycles. The predicted octanol–water partition coefficient (Wildman–Crippen LogP) is 1.05. The maximum atomic E-state index is 12.1. The van der Waals surface area contributed by atoms with Crippen molar-refractivity contribution in [1.82, 2.24) is 9.80 Å². The number of amides is 4. The zero-order valence-corrected chi connectivity index (χ0v) is 13.2. The van der Waals surface area contributed by atoms with E-state index in [0.29, 0.717) is 5.69 Å². The molecule has 0 spiro atoms. The standard InChI is InChI=1S/C14H15N5O5/c1-8(11-12(20)17(2)14(22)18(3)13(11)21)15-16-9-4-6-10(7-5-9)19(23)24/h4-7,11,16H,1-3H3/b15-8+. The molecule has 1 fully saturated rings. The summed E-state index contributed by atoms with van der Waals surface area (Å²) in [5.74, 6) is -2.51. The van der Waals surface area contributed by atoms with Crippen molar-refractivity contribution in [3.63, 3.8) is 0 Å². The molecule has 10 heteroatoms. The van der Waals surface area contributed by atoms with E-state index in [1.54, 1.807) is 0 Å². The van der Waals surface area contributed by atoms with Gasteiger partial charge in [0, 0.05) is 26.2 Å². The molecule has 0 bridgehead atoms. The molecule has 1 aliphatic heterocycles. The Hall–Kier alpha value is -3.30. The molecule has 1 aliphatic rings. The van der Waals surface area contributed by atoms with E-state index in [4.69, 9.17) is 0 Å². The van der Waals surface area contributed by atoms with Gasteiger partial charge in [-0.3, -0.25) is 34.9 Å². The van der Waals surface area contributed by atoms with Gasteiger partial charge in [0.25, 0.3) is 5.69 Å². The fraction of sp³-hybridized carbons (Fsp3) is 0.286. The summed E-state index contributed by atoms with van der Waals surface area (Å²) in [6.07, 6.45) is 0. The van der Waals surface area contributed by atoms with E-state index in [1.807, 2.05) is 0 Å². The highest BCUT2D eigenvalue weighted by molar-refractivity contribution is 6.26. The fourth-order valence-corrected chi connectivity index (χ4v) is 2.14. The lowest BCUT2D eigenvalue weighted by Gasteiger charge is -2.32. The topological polar surface area (TPSA) is 125 Å². The number of hydrazone groups is 1. The van der Waals surface area contributed by atoms with Gasteiger partial charge in [-0.05, 0) is 19.1 Å². The molecule has 126 valence electrons. The number of hydrogen-bond donors (Lipinski definition) is 1. The number of nitro benzene ring substituents is 1. The van der Waals surface area contributed by atoms with Gasteiger partial charge >= 0.3 is 6.03 Å². The van der Waals surface area contributed by atoms with Crippen molar-refractivity contribution in [1.29, 1.82) is 0 Å². The molecular weight excluding hydrogens is 318 g/mol. The largest absolute Gasteiger partial charge is 0.332 e. The number of hydrogen-bond acceptors (Lipinski definition) is 7. The molecule has 0 radical (unpaired) electrons. The number of anilines is 1. The molecule has 10 nitrogen and oxygen atoms in total. The number of imide groups is 2. The quantitative estimate of drug-likeness (QED) is 0.380. The first-order chi connectivity index (χ1) is 11.2. The molecule has 0 saturated carbocycles. The minimum absolute atomic E-state index is 0.0688. The highest BCUT2D eigenvalue weighted by Crippen LogP contribution is 2.18. The van der Waals surface area contributed by atoms with Crippen molar-refractivity contribution in [3.8, 4) is 0 Å². The summed E-state index contributed by atoms with van der Waals surface area (Å²) >= 11 is 0. The Bertz CT molecular complexity index is 718. The minimum atomic E-state index is -1.19. The number of carbonyl (C=O) groups excluding carboxylic acids is 3. The summed E-state index contributed by atoms with van der Waals surface area (Å²) < 4.78 is 0. The zero-order valence-electron chi connectivity index (χ0n) is 13.2. The van der Waals surface area contributed by atoms with Crippen LogP contribution in [0.2, 0.25) is 0 Å². The van der Waals surface area contributed by atoms with Crippen LogP contribution in [-0.2, 0) is 9.59 Å². The van der Waals surface area contributed by atoms with E-state index >= 15 is 0 Å². The second-order valence-electron chi connectivity index (χ2n) is 5.18. The second-order valence-corrected chi connectivity index (χ2v) is 5.18. The Balaban J connectivity index is 2.17. The first-order valence-electron chi connectivity index (χ1n) is 6.87. The number of benzene rings is 1. The van der Waals surface area contributed by atoms with Gasteiger partial charge in [0.1, 0.15) is 0 Å². The molecular formula is C14H15N5O5. The van der Waals surface area contributed by atoms with Crippen molar-refractivity contribution in [2.45, 2.75) is 6.92 Å².